The average molecular weight is 543 g/mol. The number of hydrogen-bond donors (Lipinski definition) is 1. The van der Waals surface area contributed by atoms with Gasteiger partial charge in [-0.3, -0.25) is 0 Å². The fourth-order valence-corrected chi connectivity index (χ4v) is 8.27. The molecule has 4 atom stereocenters. The fraction of sp³-hybridized carbons (Fsp3) is 1.00. The Labute approximate surface area is 204 Å². The molecule has 0 unspecified atom stereocenters. The van der Waals surface area contributed by atoms with Gasteiger partial charge in [0.15, 0.2) is 41.6 Å². The topological polar surface area (TPSA) is 66.4 Å². The molecule has 0 heterocycles. The molecule has 194 valence electrons. The Hall–Kier alpha value is 0.844. The molecule has 0 bridgehead atoms. The van der Waals surface area contributed by atoms with Crippen molar-refractivity contribution in [1.29, 1.82) is 0 Å². The van der Waals surface area contributed by atoms with Crippen molar-refractivity contribution < 1.29 is 27.2 Å². The van der Waals surface area contributed by atoms with Crippen LogP contribution in [0.15, 0.2) is 0 Å². The molecule has 0 aliphatic rings. The van der Waals surface area contributed by atoms with Crippen molar-refractivity contribution in [1.82, 2.24) is 0 Å². The zero-order valence-corrected chi connectivity index (χ0v) is 28.7. The quantitative estimate of drug-likeness (QED) is 0.267. The van der Waals surface area contributed by atoms with Crippen LogP contribution in [0.3, 0.4) is 0 Å². The van der Waals surface area contributed by atoms with Crippen LogP contribution in [-0.4, -0.2) is 84.3 Å². The zero-order valence-electron chi connectivity index (χ0n) is 23.7. The van der Waals surface area contributed by atoms with E-state index < -0.39 is 53.8 Å². The molecule has 0 radical (unpaired) electrons. The Morgan fingerprint density at radius 1 is 0.469 bits per heavy atom. The maximum absolute atomic E-state index is 10.4. The second-order valence-corrected chi connectivity index (χ2v) is 35.9. The van der Waals surface area contributed by atoms with Crippen molar-refractivity contribution >= 4 is 41.6 Å². The summed E-state index contributed by atoms with van der Waals surface area (Å²) in [6.45, 7) is 33.0. The van der Waals surface area contributed by atoms with E-state index >= 15 is 0 Å². The third-order valence-electron chi connectivity index (χ3n) is 3.91. The van der Waals surface area contributed by atoms with E-state index in [2.05, 4.69) is 98.2 Å². The summed E-state index contributed by atoms with van der Waals surface area (Å²) in [7, 11) is -9.61. The van der Waals surface area contributed by atoms with Crippen LogP contribution in [0.25, 0.3) is 0 Å². The fourth-order valence-electron chi connectivity index (χ4n) is 3.17. The van der Waals surface area contributed by atoms with Crippen LogP contribution in [0.5, 0.6) is 0 Å². The van der Waals surface area contributed by atoms with Gasteiger partial charge in [0.1, 0.15) is 0 Å². The highest BCUT2D eigenvalue weighted by Gasteiger charge is 2.44. The number of aliphatic hydroxyl groups is 1. The molecule has 0 rings (SSSR count). The standard InChI is InChI=1S/C21H54O6Si5/c1-28(2,3)23-17-19(25-30(7,8)9)21(27-32(13,14)15)20(26-31(10,11)12)18(16-22)24-29(4,5)6/h18-22H,16-17H2,1-15H3/t18-,19-,20-,21-/m1/s1. The Balaban J connectivity index is 6.48. The third kappa shape index (κ3) is 16.5. The van der Waals surface area contributed by atoms with E-state index in [-0.39, 0.29) is 18.8 Å². The van der Waals surface area contributed by atoms with Crippen LogP contribution in [0, 0.1) is 0 Å². The molecule has 1 N–H and O–H groups in total. The minimum atomic E-state index is -1.99. The summed E-state index contributed by atoms with van der Waals surface area (Å²) < 4.78 is 33.1. The highest BCUT2D eigenvalue weighted by Crippen LogP contribution is 2.28. The first-order valence-electron chi connectivity index (χ1n) is 11.9. The van der Waals surface area contributed by atoms with Crippen molar-refractivity contribution in [3.05, 3.63) is 0 Å². The lowest BCUT2D eigenvalue weighted by Crippen LogP contribution is -2.60. The largest absolute Gasteiger partial charge is 0.415 e. The molecule has 0 fully saturated rings. The first-order valence-corrected chi connectivity index (χ1v) is 28.9. The summed E-state index contributed by atoms with van der Waals surface area (Å²) in [5.74, 6) is 0. The lowest BCUT2D eigenvalue weighted by atomic mass is 10.0. The lowest BCUT2D eigenvalue weighted by molar-refractivity contribution is -0.0973. The van der Waals surface area contributed by atoms with Gasteiger partial charge in [0.05, 0.1) is 37.6 Å². The SMILES string of the molecule is C[Si](C)(C)OC[C@@H](O[Si](C)(C)C)[C@@H](O[Si](C)(C)C)[C@H](O[Si](C)(C)C)[C@@H](CO)O[Si](C)(C)C. The molecule has 0 saturated carbocycles. The summed E-state index contributed by atoms with van der Waals surface area (Å²) in [5.41, 5.74) is 0. The molecule has 0 aromatic rings. The monoisotopic (exact) mass is 542 g/mol. The normalized spacial score (nSPS) is 18.4. The molecule has 6 nitrogen and oxygen atoms in total. The van der Waals surface area contributed by atoms with Crippen LogP contribution in [0.4, 0.5) is 0 Å². The van der Waals surface area contributed by atoms with E-state index in [0.717, 1.165) is 0 Å². The van der Waals surface area contributed by atoms with Gasteiger partial charge in [-0.15, -0.1) is 0 Å². The molecule has 0 aliphatic heterocycles. The molecule has 0 saturated heterocycles. The zero-order chi connectivity index (χ0) is 25.8. The Morgan fingerprint density at radius 2 is 0.781 bits per heavy atom. The minimum Gasteiger partial charge on any atom is -0.415 e. The molecule has 11 heteroatoms. The van der Waals surface area contributed by atoms with Crippen molar-refractivity contribution in [3.63, 3.8) is 0 Å². The summed E-state index contributed by atoms with van der Waals surface area (Å²) in [6.07, 6.45) is -1.53. The smallest absolute Gasteiger partial charge is 0.184 e. The van der Waals surface area contributed by atoms with E-state index in [1.54, 1.807) is 0 Å². The Kier molecular flexibility index (Phi) is 12.5. The van der Waals surface area contributed by atoms with E-state index in [9.17, 15) is 5.11 Å². The maximum atomic E-state index is 10.4. The highest BCUT2D eigenvalue weighted by atomic mass is 28.4. The van der Waals surface area contributed by atoms with Crippen LogP contribution in [0.1, 0.15) is 0 Å². The first kappa shape index (κ1) is 32.8. The van der Waals surface area contributed by atoms with Gasteiger partial charge in [0.25, 0.3) is 0 Å². The van der Waals surface area contributed by atoms with Gasteiger partial charge in [-0.2, -0.15) is 0 Å². The van der Waals surface area contributed by atoms with Crippen LogP contribution < -0.4 is 0 Å². The molecule has 0 aromatic heterocycles. The van der Waals surface area contributed by atoms with Gasteiger partial charge in [-0.25, -0.2) is 0 Å². The number of aliphatic hydroxyl groups excluding tert-OH is 1. The van der Waals surface area contributed by atoms with Gasteiger partial charge in [-0.1, -0.05) is 0 Å². The van der Waals surface area contributed by atoms with E-state index in [4.69, 9.17) is 22.1 Å². The Bertz CT molecular complexity index is 543. The second kappa shape index (κ2) is 12.2. The van der Waals surface area contributed by atoms with Gasteiger partial charge >= 0.3 is 0 Å². The predicted molar refractivity (Wildman–Crippen MR) is 149 cm³/mol. The molecular weight excluding hydrogens is 489 g/mol. The van der Waals surface area contributed by atoms with Gasteiger partial charge in [-0.05, 0) is 98.2 Å². The van der Waals surface area contributed by atoms with Crippen LogP contribution >= 0.6 is 0 Å². The first-order chi connectivity index (χ1) is 13.9. The van der Waals surface area contributed by atoms with Crippen molar-refractivity contribution in [2.45, 2.75) is 123 Å². The lowest BCUT2D eigenvalue weighted by Gasteiger charge is -2.45. The average Bonchev–Trinajstić information content (AvgIpc) is 2.48. The minimum absolute atomic E-state index is 0.112. The van der Waals surface area contributed by atoms with Gasteiger partial charge in [0, 0.05) is 0 Å². The van der Waals surface area contributed by atoms with E-state index in [0.29, 0.717) is 6.61 Å². The van der Waals surface area contributed by atoms with Crippen molar-refractivity contribution in [2.24, 2.45) is 0 Å². The number of rotatable bonds is 15. The van der Waals surface area contributed by atoms with E-state index in [1.165, 1.54) is 0 Å². The number of hydrogen-bond acceptors (Lipinski definition) is 6. The molecule has 32 heavy (non-hydrogen) atoms. The molecular formula is C21H54O6Si5. The van der Waals surface area contributed by atoms with Crippen molar-refractivity contribution in [2.75, 3.05) is 13.2 Å². The summed E-state index contributed by atoms with van der Waals surface area (Å²) in [6, 6.07) is 0. The second-order valence-electron chi connectivity index (χ2n) is 13.5. The molecule has 0 spiro atoms. The van der Waals surface area contributed by atoms with Crippen molar-refractivity contribution in [3.8, 4) is 0 Å². The maximum Gasteiger partial charge on any atom is 0.184 e. The van der Waals surface area contributed by atoms with Crippen LogP contribution in [-0.2, 0) is 22.1 Å². The summed E-state index contributed by atoms with van der Waals surface area (Å²) in [4.78, 5) is 0. The summed E-state index contributed by atoms with van der Waals surface area (Å²) in [5, 5.41) is 10.4. The van der Waals surface area contributed by atoms with E-state index in [1.807, 2.05) is 0 Å². The molecule has 0 amide bonds. The van der Waals surface area contributed by atoms with Gasteiger partial charge < -0.3 is 27.2 Å². The predicted octanol–water partition coefficient (Wildman–Crippen LogP) is 5.71. The Morgan fingerprint density at radius 3 is 1.06 bits per heavy atom. The highest BCUT2D eigenvalue weighted by molar-refractivity contribution is 6.71. The third-order valence-corrected chi connectivity index (χ3v) is 8.92. The van der Waals surface area contributed by atoms with Gasteiger partial charge in [0.2, 0.25) is 0 Å². The molecule has 0 aromatic carbocycles. The molecule has 0 aliphatic carbocycles. The summed E-state index contributed by atoms with van der Waals surface area (Å²) >= 11 is 0. The van der Waals surface area contributed by atoms with Crippen LogP contribution in [0.2, 0.25) is 98.2 Å².